The summed E-state index contributed by atoms with van der Waals surface area (Å²) in [5.41, 5.74) is 0.572. The molecule has 0 N–H and O–H groups in total. The average molecular weight is 268 g/mol. The molecule has 1 amide bonds. The highest BCUT2D eigenvalue weighted by Crippen LogP contribution is 2.25. The Kier molecular flexibility index (Phi) is 5.67. The van der Waals surface area contributed by atoms with Crippen molar-refractivity contribution in [3.63, 3.8) is 0 Å². The minimum absolute atomic E-state index is 0.168. The van der Waals surface area contributed by atoms with Crippen LogP contribution in [-0.2, 0) is 10.2 Å². The number of rotatable bonds is 6. The van der Waals surface area contributed by atoms with Gasteiger partial charge in [-0.15, -0.1) is 11.6 Å². The van der Waals surface area contributed by atoms with E-state index in [0.717, 1.165) is 25.1 Å². The lowest BCUT2D eigenvalue weighted by molar-refractivity contribution is -0.136. The van der Waals surface area contributed by atoms with Gasteiger partial charge in [-0.1, -0.05) is 30.3 Å². The maximum atomic E-state index is 12.6. The number of amides is 1. The molecule has 0 aliphatic carbocycles. The highest BCUT2D eigenvalue weighted by Gasteiger charge is 2.32. The van der Waals surface area contributed by atoms with Crippen LogP contribution in [0.3, 0.4) is 0 Å². The fourth-order valence-electron chi connectivity index (χ4n) is 2.03. The van der Waals surface area contributed by atoms with Crippen molar-refractivity contribution in [2.75, 3.05) is 19.0 Å². The first-order valence-electron chi connectivity index (χ1n) is 6.45. The standard InChI is InChI=1S/C15H22ClNO/c1-4-17(12-8-11-16)14(18)15(2,3)13-9-6-5-7-10-13/h5-7,9-10H,4,8,11-12H2,1-3H3. The summed E-state index contributed by atoms with van der Waals surface area (Å²) >= 11 is 5.70. The molecule has 0 heterocycles. The first kappa shape index (κ1) is 15.0. The van der Waals surface area contributed by atoms with Crippen LogP contribution in [0.5, 0.6) is 0 Å². The summed E-state index contributed by atoms with van der Waals surface area (Å²) in [6, 6.07) is 9.93. The first-order valence-corrected chi connectivity index (χ1v) is 6.98. The van der Waals surface area contributed by atoms with E-state index in [0.29, 0.717) is 5.88 Å². The number of benzene rings is 1. The van der Waals surface area contributed by atoms with Crippen molar-refractivity contribution in [2.45, 2.75) is 32.6 Å². The molecule has 0 unspecified atom stereocenters. The SMILES string of the molecule is CCN(CCCCl)C(=O)C(C)(C)c1ccccc1. The van der Waals surface area contributed by atoms with Gasteiger partial charge in [-0.25, -0.2) is 0 Å². The summed E-state index contributed by atoms with van der Waals surface area (Å²) < 4.78 is 0. The van der Waals surface area contributed by atoms with E-state index in [2.05, 4.69) is 0 Å². The van der Waals surface area contributed by atoms with Gasteiger partial charge < -0.3 is 4.90 Å². The van der Waals surface area contributed by atoms with Crippen molar-refractivity contribution in [3.8, 4) is 0 Å². The Balaban J connectivity index is 2.86. The smallest absolute Gasteiger partial charge is 0.232 e. The zero-order chi connectivity index (χ0) is 13.6. The third-order valence-corrected chi connectivity index (χ3v) is 3.53. The van der Waals surface area contributed by atoms with E-state index in [1.807, 2.05) is 56.0 Å². The molecule has 0 aliphatic heterocycles. The van der Waals surface area contributed by atoms with Gasteiger partial charge in [0.15, 0.2) is 0 Å². The molecule has 3 heteroatoms. The predicted octanol–water partition coefficient (Wildman–Crippen LogP) is 3.44. The lowest BCUT2D eigenvalue weighted by atomic mass is 9.83. The van der Waals surface area contributed by atoms with Crippen LogP contribution in [-0.4, -0.2) is 29.8 Å². The summed E-state index contributed by atoms with van der Waals surface area (Å²) in [4.78, 5) is 14.5. The van der Waals surface area contributed by atoms with Gasteiger partial charge in [-0.3, -0.25) is 4.79 Å². The Morgan fingerprint density at radius 3 is 2.39 bits per heavy atom. The van der Waals surface area contributed by atoms with E-state index in [9.17, 15) is 4.79 Å². The van der Waals surface area contributed by atoms with Gasteiger partial charge in [-0.05, 0) is 32.8 Å². The molecule has 0 bridgehead atoms. The molecule has 0 aliphatic rings. The van der Waals surface area contributed by atoms with E-state index in [4.69, 9.17) is 11.6 Å². The molecule has 18 heavy (non-hydrogen) atoms. The van der Waals surface area contributed by atoms with Gasteiger partial charge in [0, 0.05) is 19.0 Å². The molecular formula is C15H22ClNO. The first-order chi connectivity index (χ1) is 8.54. The van der Waals surface area contributed by atoms with Crippen LogP contribution in [0.1, 0.15) is 32.8 Å². The van der Waals surface area contributed by atoms with Gasteiger partial charge in [0.25, 0.3) is 0 Å². The van der Waals surface area contributed by atoms with E-state index in [1.54, 1.807) is 0 Å². The van der Waals surface area contributed by atoms with Crippen molar-refractivity contribution in [2.24, 2.45) is 0 Å². The molecule has 0 saturated heterocycles. The summed E-state index contributed by atoms with van der Waals surface area (Å²) in [5.74, 6) is 0.761. The van der Waals surface area contributed by atoms with Gasteiger partial charge in [-0.2, -0.15) is 0 Å². The zero-order valence-corrected chi connectivity index (χ0v) is 12.2. The Morgan fingerprint density at radius 1 is 1.28 bits per heavy atom. The van der Waals surface area contributed by atoms with Crippen molar-refractivity contribution in [3.05, 3.63) is 35.9 Å². The largest absolute Gasteiger partial charge is 0.342 e. The summed E-state index contributed by atoms with van der Waals surface area (Å²) in [6.07, 6.45) is 0.839. The lowest BCUT2D eigenvalue weighted by Crippen LogP contribution is -2.43. The Morgan fingerprint density at radius 2 is 1.89 bits per heavy atom. The van der Waals surface area contributed by atoms with Crippen molar-refractivity contribution in [1.29, 1.82) is 0 Å². The second kappa shape index (κ2) is 6.79. The van der Waals surface area contributed by atoms with E-state index in [-0.39, 0.29) is 5.91 Å². The second-order valence-corrected chi connectivity index (χ2v) is 5.30. The highest BCUT2D eigenvalue weighted by atomic mass is 35.5. The molecule has 0 radical (unpaired) electrons. The fourth-order valence-corrected chi connectivity index (χ4v) is 2.15. The second-order valence-electron chi connectivity index (χ2n) is 4.92. The number of carbonyl (C=O) groups is 1. The number of alkyl halides is 1. The average Bonchev–Trinajstić information content (AvgIpc) is 2.40. The van der Waals surface area contributed by atoms with Crippen LogP contribution < -0.4 is 0 Å². The van der Waals surface area contributed by atoms with Crippen LogP contribution in [0.15, 0.2) is 30.3 Å². The van der Waals surface area contributed by atoms with Crippen LogP contribution >= 0.6 is 11.6 Å². The van der Waals surface area contributed by atoms with Gasteiger partial charge >= 0.3 is 0 Å². The number of carbonyl (C=O) groups excluding carboxylic acids is 1. The molecule has 0 saturated carbocycles. The number of halogens is 1. The Labute approximate surface area is 115 Å². The number of likely N-dealkylation sites (N-methyl/N-ethyl adjacent to an activating group) is 1. The Hall–Kier alpha value is -1.02. The minimum atomic E-state index is -0.483. The monoisotopic (exact) mass is 267 g/mol. The molecule has 0 atom stereocenters. The number of hydrogen-bond donors (Lipinski definition) is 0. The van der Waals surface area contributed by atoms with E-state index in [1.165, 1.54) is 0 Å². The molecule has 100 valence electrons. The topological polar surface area (TPSA) is 20.3 Å². The van der Waals surface area contributed by atoms with Crippen molar-refractivity contribution < 1.29 is 4.79 Å². The molecule has 0 spiro atoms. The summed E-state index contributed by atoms with van der Waals surface area (Å²) in [5, 5.41) is 0. The summed E-state index contributed by atoms with van der Waals surface area (Å²) in [6.45, 7) is 7.43. The zero-order valence-electron chi connectivity index (χ0n) is 11.4. The quantitative estimate of drug-likeness (QED) is 0.723. The van der Waals surface area contributed by atoms with Crippen molar-refractivity contribution in [1.82, 2.24) is 4.90 Å². The van der Waals surface area contributed by atoms with Crippen LogP contribution in [0.4, 0.5) is 0 Å². The van der Waals surface area contributed by atoms with Gasteiger partial charge in [0.2, 0.25) is 5.91 Å². The number of nitrogens with zero attached hydrogens (tertiary/aromatic N) is 1. The normalized spacial score (nSPS) is 11.3. The fraction of sp³-hybridized carbons (Fsp3) is 0.533. The predicted molar refractivity (Wildman–Crippen MR) is 77.1 cm³/mol. The molecule has 1 aromatic carbocycles. The van der Waals surface area contributed by atoms with E-state index < -0.39 is 5.41 Å². The van der Waals surface area contributed by atoms with Crippen LogP contribution in [0.25, 0.3) is 0 Å². The molecule has 2 nitrogen and oxygen atoms in total. The molecule has 1 aromatic rings. The molecule has 1 rings (SSSR count). The van der Waals surface area contributed by atoms with E-state index >= 15 is 0 Å². The summed E-state index contributed by atoms with van der Waals surface area (Å²) in [7, 11) is 0. The lowest BCUT2D eigenvalue weighted by Gasteiger charge is -2.31. The molecular weight excluding hydrogens is 246 g/mol. The minimum Gasteiger partial charge on any atom is -0.342 e. The molecule has 0 fully saturated rings. The third kappa shape index (κ3) is 3.49. The van der Waals surface area contributed by atoms with Crippen LogP contribution in [0, 0.1) is 0 Å². The Bertz CT molecular complexity index is 375. The van der Waals surface area contributed by atoms with Crippen molar-refractivity contribution >= 4 is 17.5 Å². The van der Waals surface area contributed by atoms with Gasteiger partial charge in [0.1, 0.15) is 0 Å². The van der Waals surface area contributed by atoms with Crippen LogP contribution in [0.2, 0.25) is 0 Å². The number of hydrogen-bond acceptors (Lipinski definition) is 1. The maximum absolute atomic E-state index is 12.6. The maximum Gasteiger partial charge on any atom is 0.232 e. The highest BCUT2D eigenvalue weighted by molar-refractivity contribution is 6.17. The van der Waals surface area contributed by atoms with Gasteiger partial charge in [0.05, 0.1) is 5.41 Å². The molecule has 0 aromatic heterocycles. The third-order valence-electron chi connectivity index (χ3n) is 3.26.